The molecule has 3 aromatic rings. The molecule has 1 atom stereocenters. The maximum Gasteiger partial charge on any atom is 0.145 e. The van der Waals surface area contributed by atoms with E-state index in [0.29, 0.717) is 6.04 Å². The summed E-state index contributed by atoms with van der Waals surface area (Å²) in [4.78, 5) is 14.0. The van der Waals surface area contributed by atoms with Crippen molar-refractivity contribution in [2.24, 2.45) is 0 Å². The second-order valence-electron chi connectivity index (χ2n) is 7.12. The van der Waals surface area contributed by atoms with Crippen LogP contribution >= 0.6 is 0 Å². The molecule has 1 aliphatic rings. The van der Waals surface area contributed by atoms with Crippen LogP contribution in [0.1, 0.15) is 24.2 Å². The van der Waals surface area contributed by atoms with Gasteiger partial charge in [0.1, 0.15) is 11.3 Å². The zero-order valence-corrected chi connectivity index (χ0v) is 16.2. The van der Waals surface area contributed by atoms with Gasteiger partial charge >= 0.3 is 0 Å². The number of para-hydroxylation sites is 1. The van der Waals surface area contributed by atoms with E-state index >= 15 is 0 Å². The minimum Gasteiger partial charge on any atom is -0.494 e. The van der Waals surface area contributed by atoms with Crippen LogP contribution in [0, 0.1) is 6.92 Å². The number of anilines is 1. The second kappa shape index (κ2) is 7.53. The van der Waals surface area contributed by atoms with Crippen LogP contribution in [-0.4, -0.2) is 48.2 Å². The monoisotopic (exact) mass is 362 g/mol. The van der Waals surface area contributed by atoms with Gasteiger partial charge < -0.3 is 9.64 Å². The fourth-order valence-corrected chi connectivity index (χ4v) is 3.94. The minimum absolute atomic E-state index is 0.386. The third kappa shape index (κ3) is 3.47. The van der Waals surface area contributed by atoms with Gasteiger partial charge in [-0.3, -0.25) is 9.88 Å². The van der Waals surface area contributed by atoms with E-state index in [-0.39, 0.29) is 0 Å². The quantitative estimate of drug-likeness (QED) is 0.706. The summed E-state index contributed by atoms with van der Waals surface area (Å²) >= 11 is 0. The van der Waals surface area contributed by atoms with Crippen LogP contribution in [0.25, 0.3) is 10.9 Å². The molecular formula is C22H26N4O. The highest BCUT2D eigenvalue weighted by Crippen LogP contribution is 2.33. The Morgan fingerprint density at radius 3 is 2.59 bits per heavy atom. The normalized spacial score (nSPS) is 16.5. The Kier molecular flexibility index (Phi) is 4.94. The summed E-state index contributed by atoms with van der Waals surface area (Å²) in [7, 11) is 1.71. The van der Waals surface area contributed by atoms with E-state index in [1.54, 1.807) is 7.11 Å². The van der Waals surface area contributed by atoms with Crippen LogP contribution < -0.4 is 9.64 Å². The van der Waals surface area contributed by atoms with Crippen LogP contribution in [0.4, 0.5) is 5.69 Å². The summed E-state index contributed by atoms with van der Waals surface area (Å²) in [6.07, 6.45) is 3.81. The van der Waals surface area contributed by atoms with Crippen LogP contribution in [0.2, 0.25) is 0 Å². The zero-order valence-electron chi connectivity index (χ0n) is 16.2. The van der Waals surface area contributed by atoms with Crippen molar-refractivity contribution >= 4 is 16.6 Å². The van der Waals surface area contributed by atoms with E-state index in [1.807, 2.05) is 30.6 Å². The van der Waals surface area contributed by atoms with Crippen molar-refractivity contribution in [3.8, 4) is 5.75 Å². The van der Waals surface area contributed by atoms with Crippen LogP contribution in [0.15, 0.2) is 48.8 Å². The van der Waals surface area contributed by atoms with Gasteiger partial charge in [-0.1, -0.05) is 18.2 Å². The van der Waals surface area contributed by atoms with Crippen molar-refractivity contribution in [3.63, 3.8) is 0 Å². The van der Waals surface area contributed by atoms with E-state index in [1.165, 1.54) is 11.3 Å². The Labute approximate surface area is 160 Å². The molecule has 0 saturated carbocycles. The van der Waals surface area contributed by atoms with Gasteiger partial charge in [0.25, 0.3) is 0 Å². The van der Waals surface area contributed by atoms with Gasteiger partial charge in [-0.25, -0.2) is 4.98 Å². The molecule has 0 radical (unpaired) electrons. The Bertz CT molecular complexity index is 920. The van der Waals surface area contributed by atoms with Gasteiger partial charge in [-0.2, -0.15) is 0 Å². The SMILES string of the molecule is COc1cccc2c(N3CCN(C(C)c4cccnc4)CC3)cc(C)nc12. The van der Waals surface area contributed by atoms with Gasteiger partial charge in [0.2, 0.25) is 0 Å². The highest BCUT2D eigenvalue weighted by molar-refractivity contribution is 5.95. The largest absolute Gasteiger partial charge is 0.494 e. The van der Waals surface area contributed by atoms with Crippen molar-refractivity contribution < 1.29 is 4.74 Å². The summed E-state index contributed by atoms with van der Waals surface area (Å²) in [5, 5.41) is 1.16. The Morgan fingerprint density at radius 1 is 1.07 bits per heavy atom. The average Bonchev–Trinajstić information content (AvgIpc) is 2.73. The minimum atomic E-state index is 0.386. The number of rotatable bonds is 4. The van der Waals surface area contributed by atoms with E-state index in [2.05, 4.69) is 46.8 Å². The number of benzene rings is 1. The molecule has 1 fully saturated rings. The summed E-state index contributed by atoms with van der Waals surface area (Å²) in [6, 6.07) is 12.9. The van der Waals surface area contributed by atoms with Crippen molar-refractivity contribution in [1.82, 2.24) is 14.9 Å². The van der Waals surface area contributed by atoms with E-state index < -0.39 is 0 Å². The molecule has 5 nitrogen and oxygen atoms in total. The first-order valence-corrected chi connectivity index (χ1v) is 9.50. The zero-order chi connectivity index (χ0) is 18.8. The first kappa shape index (κ1) is 17.7. The Morgan fingerprint density at radius 2 is 1.89 bits per heavy atom. The Hall–Kier alpha value is -2.66. The molecule has 3 heterocycles. The van der Waals surface area contributed by atoms with Gasteiger partial charge in [-0.05, 0) is 37.6 Å². The molecule has 1 saturated heterocycles. The molecule has 0 N–H and O–H groups in total. The summed E-state index contributed by atoms with van der Waals surface area (Å²) in [5.74, 6) is 0.835. The number of fused-ring (bicyclic) bond motifs is 1. The maximum absolute atomic E-state index is 5.53. The van der Waals surface area contributed by atoms with Gasteiger partial charge in [0.05, 0.1) is 7.11 Å². The predicted octanol–water partition coefficient (Wildman–Crippen LogP) is 3.83. The van der Waals surface area contributed by atoms with E-state index in [4.69, 9.17) is 9.72 Å². The molecule has 0 bridgehead atoms. The lowest BCUT2D eigenvalue weighted by Gasteiger charge is -2.39. The fourth-order valence-electron chi connectivity index (χ4n) is 3.94. The third-order valence-electron chi connectivity index (χ3n) is 5.50. The van der Waals surface area contributed by atoms with Crippen molar-refractivity contribution in [3.05, 3.63) is 60.0 Å². The van der Waals surface area contributed by atoms with Crippen molar-refractivity contribution in [2.45, 2.75) is 19.9 Å². The lowest BCUT2D eigenvalue weighted by Crippen LogP contribution is -2.47. The van der Waals surface area contributed by atoms with Gasteiger partial charge in [0.15, 0.2) is 0 Å². The summed E-state index contributed by atoms with van der Waals surface area (Å²) in [5.41, 5.74) is 4.50. The first-order chi connectivity index (χ1) is 13.2. The fraction of sp³-hybridized carbons (Fsp3) is 0.364. The number of hydrogen-bond donors (Lipinski definition) is 0. The molecule has 0 amide bonds. The smallest absolute Gasteiger partial charge is 0.145 e. The lowest BCUT2D eigenvalue weighted by atomic mass is 10.1. The van der Waals surface area contributed by atoms with E-state index in [0.717, 1.165) is 48.5 Å². The molecule has 0 aliphatic carbocycles. The predicted molar refractivity (Wildman–Crippen MR) is 109 cm³/mol. The molecule has 1 aliphatic heterocycles. The average molecular weight is 362 g/mol. The highest BCUT2D eigenvalue weighted by atomic mass is 16.5. The van der Waals surface area contributed by atoms with E-state index in [9.17, 15) is 0 Å². The number of methoxy groups -OCH3 is 1. The highest BCUT2D eigenvalue weighted by Gasteiger charge is 2.24. The maximum atomic E-state index is 5.53. The summed E-state index contributed by atoms with van der Waals surface area (Å²) in [6.45, 7) is 8.38. The van der Waals surface area contributed by atoms with Crippen molar-refractivity contribution in [1.29, 1.82) is 0 Å². The molecule has 4 rings (SSSR count). The molecule has 2 aromatic heterocycles. The topological polar surface area (TPSA) is 41.5 Å². The lowest BCUT2D eigenvalue weighted by molar-refractivity contribution is 0.198. The second-order valence-corrected chi connectivity index (χ2v) is 7.12. The molecule has 5 heteroatoms. The Balaban J connectivity index is 1.56. The number of piperazine rings is 1. The first-order valence-electron chi connectivity index (χ1n) is 9.50. The molecule has 1 aromatic carbocycles. The molecule has 27 heavy (non-hydrogen) atoms. The van der Waals surface area contributed by atoms with Crippen molar-refractivity contribution in [2.75, 3.05) is 38.2 Å². The number of pyridine rings is 2. The number of hydrogen-bond acceptors (Lipinski definition) is 5. The number of aromatic nitrogens is 2. The standard InChI is InChI=1S/C22H26N4O/c1-16-14-20(19-7-4-8-21(27-3)22(19)24-16)26-12-10-25(11-13-26)17(2)18-6-5-9-23-15-18/h4-9,14-15,17H,10-13H2,1-3H3. The van der Waals surface area contributed by atoms with Crippen LogP contribution in [-0.2, 0) is 0 Å². The molecule has 140 valence electrons. The molecule has 1 unspecified atom stereocenters. The molecular weight excluding hydrogens is 336 g/mol. The third-order valence-corrected chi connectivity index (χ3v) is 5.50. The number of ether oxygens (including phenoxy) is 1. The summed E-state index contributed by atoms with van der Waals surface area (Å²) < 4.78 is 5.53. The molecule has 0 spiro atoms. The van der Waals surface area contributed by atoms with Crippen LogP contribution in [0.5, 0.6) is 5.75 Å². The van der Waals surface area contributed by atoms with Crippen LogP contribution in [0.3, 0.4) is 0 Å². The number of aryl methyl sites for hydroxylation is 1. The number of nitrogens with zero attached hydrogens (tertiary/aromatic N) is 4. The van der Waals surface area contributed by atoms with Gasteiger partial charge in [0, 0.05) is 61.4 Å². The van der Waals surface area contributed by atoms with Gasteiger partial charge in [-0.15, -0.1) is 0 Å².